The van der Waals surface area contributed by atoms with Gasteiger partial charge in [0.25, 0.3) is 0 Å². The Kier molecular flexibility index (Phi) is 3.62. The molecule has 4 heteroatoms. The molecule has 4 rings (SSSR count). The third-order valence-electron chi connectivity index (χ3n) is 4.14. The molecule has 22 heavy (non-hydrogen) atoms. The molecule has 0 aromatic heterocycles. The van der Waals surface area contributed by atoms with E-state index in [-0.39, 0.29) is 0 Å². The van der Waals surface area contributed by atoms with Crippen molar-refractivity contribution in [2.45, 2.75) is 6.54 Å². The zero-order valence-corrected chi connectivity index (χ0v) is 12.5. The van der Waals surface area contributed by atoms with E-state index in [9.17, 15) is 0 Å². The highest BCUT2D eigenvalue weighted by molar-refractivity contribution is 6.01. The molecular weight excluding hydrogens is 274 g/mol. The fraction of sp³-hybridized carbons (Fsp3) is 0.278. The van der Waals surface area contributed by atoms with Gasteiger partial charge >= 0.3 is 0 Å². The maximum atomic E-state index is 5.49. The van der Waals surface area contributed by atoms with Crippen LogP contribution in [0.4, 0.5) is 5.69 Å². The molecule has 1 fully saturated rings. The van der Waals surface area contributed by atoms with Crippen molar-refractivity contribution in [3.63, 3.8) is 0 Å². The Labute approximate surface area is 130 Å². The largest absolute Gasteiger partial charge is 0.379 e. The minimum absolute atomic E-state index is 0.778. The molecular formula is C18H19N3O. The topological polar surface area (TPSA) is 28.1 Å². The lowest BCUT2D eigenvalue weighted by Crippen LogP contribution is -2.52. The highest BCUT2D eigenvalue weighted by Crippen LogP contribution is 2.29. The Morgan fingerprint density at radius 3 is 2.41 bits per heavy atom. The van der Waals surface area contributed by atoms with Crippen molar-refractivity contribution in [2.24, 2.45) is 4.99 Å². The van der Waals surface area contributed by atoms with Gasteiger partial charge in [0.1, 0.15) is 0 Å². The highest BCUT2D eigenvalue weighted by atomic mass is 16.5. The van der Waals surface area contributed by atoms with Crippen LogP contribution in [-0.4, -0.2) is 42.2 Å². The van der Waals surface area contributed by atoms with Crippen LogP contribution in [0, 0.1) is 0 Å². The fourth-order valence-electron chi connectivity index (χ4n) is 2.99. The maximum absolute atomic E-state index is 5.49. The predicted molar refractivity (Wildman–Crippen MR) is 87.0 cm³/mol. The number of nitrogens with zero attached hydrogens (tertiary/aromatic N) is 3. The second-order valence-electron chi connectivity index (χ2n) is 5.55. The first-order valence-corrected chi connectivity index (χ1v) is 7.74. The summed E-state index contributed by atoms with van der Waals surface area (Å²) in [6, 6.07) is 18.8. The van der Waals surface area contributed by atoms with E-state index < -0.39 is 0 Å². The Morgan fingerprint density at radius 1 is 0.864 bits per heavy atom. The van der Waals surface area contributed by atoms with Crippen LogP contribution in [0.5, 0.6) is 0 Å². The van der Waals surface area contributed by atoms with Gasteiger partial charge in [0.05, 0.1) is 25.4 Å². The van der Waals surface area contributed by atoms with Crippen molar-refractivity contribution in [2.75, 3.05) is 26.3 Å². The van der Waals surface area contributed by atoms with Crippen LogP contribution >= 0.6 is 0 Å². The van der Waals surface area contributed by atoms with Gasteiger partial charge in [-0.2, -0.15) is 0 Å². The molecule has 0 atom stereocenters. The lowest BCUT2D eigenvalue weighted by Gasteiger charge is -2.41. The number of morpholine rings is 1. The van der Waals surface area contributed by atoms with Crippen LogP contribution < -0.4 is 0 Å². The van der Waals surface area contributed by atoms with Crippen molar-refractivity contribution >= 4 is 11.5 Å². The molecule has 2 aromatic carbocycles. The molecule has 2 aliphatic heterocycles. The normalized spacial score (nSPS) is 18.7. The number of amidine groups is 1. The summed E-state index contributed by atoms with van der Waals surface area (Å²) in [6.07, 6.45) is 0. The Balaban J connectivity index is 1.76. The molecule has 0 radical (unpaired) electrons. The van der Waals surface area contributed by atoms with E-state index in [4.69, 9.17) is 9.73 Å². The zero-order chi connectivity index (χ0) is 14.8. The third kappa shape index (κ3) is 2.51. The van der Waals surface area contributed by atoms with E-state index in [0.29, 0.717) is 0 Å². The first kappa shape index (κ1) is 13.5. The number of benzene rings is 2. The maximum Gasteiger partial charge on any atom is 0.151 e. The van der Waals surface area contributed by atoms with Gasteiger partial charge in [-0.1, -0.05) is 48.5 Å². The Morgan fingerprint density at radius 2 is 1.59 bits per heavy atom. The molecule has 0 amide bonds. The van der Waals surface area contributed by atoms with Gasteiger partial charge in [-0.05, 0) is 11.6 Å². The summed E-state index contributed by atoms with van der Waals surface area (Å²) in [7, 11) is 0. The van der Waals surface area contributed by atoms with Crippen molar-refractivity contribution < 1.29 is 4.74 Å². The van der Waals surface area contributed by atoms with E-state index in [0.717, 1.165) is 49.9 Å². The van der Waals surface area contributed by atoms with E-state index >= 15 is 0 Å². The minimum Gasteiger partial charge on any atom is -0.379 e. The molecule has 0 N–H and O–H groups in total. The van der Waals surface area contributed by atoms with Crippen molar-refractivity contribution in [1.82, 2.24) is 10.0 Å². The molecule has 0 spiro atoms. The summed E-state index contributed by atoms with van der Waals surface area (Å²) < 4.78 is 5.49. The van der Waals surface area contributed by atoms with Gasteiger partial charge in [0.15, 0.2) is 5.84 Å². The van der Waals surface area contributed by atoms with Gasteiger partial charge in [0.2, 0.25) is 0 Å². The van der Waals surface area contributed by atoms with Crippen molar-refractivity contribution in [1.29, 1.82) is 0 Å². The number of para-hydroxylation sites is 1. The lowest BCUT2D eigenvalue weighted by atomic mass is 10.1. The molecule has 0 bridgehead atoms. The monoisotopic (exact) mass is 293 g/mol. The standard InChI is InChI=1S/C18H19N3O/c1-2-6-15(7-3-1)18-19-17-9-5-4-8-16(17)14-21(18)20-10-12-22-13-11-20/h1-9H,10-14H2. The van der Waals surface area contributed by atoms with Gasteiger partial charge in [0, 0.05) is 18.7 Å². The lowest BCUT2D eigenvalue weighted by molar-refractivity contribution is -0.0544. The molecule has 0 unspecified atom stereocenters. The van der Waals surface area contributed by atoms with Crippen molar-refractivity contribution in [3.05, 3.63) is 65.7 Å². The summed E-state index contributed by atoms with van der Waals surface area (Å²) in [4.78, 5) is 4.93. The summed E-state index contributed by atoms with van der Waals surface area (Å²) in [5.41, 5.74) is 3.50. The van der Waals surface area contributed by atoms with Gasteiger partial charge < -0.3 is 4.74 Å². The Hall–Kier alpha value is -2.17. The first-order chi connectivity index (χ1) is 10.9. The highest BCUT2D eigenvalue weighted by Gasteiger charge is 2.27. The number of rotatable bonds is 2. The zero-order valence-electron chi connectivity index (χ0n) is 12.5. The second kappa shape index (κ2) is 5.91. The molecule has 112 valence electrons. The predicted octanol–water partition coefficient (Wildman–Crippen LogP) is 2.83. The van der Waals surface area contributed by atoms with Crippen molar-refractivity contribution in [3.8, 4) is 0 Å². The molecule has 4 nitrogen and oxygen atoms in total. The summed E-state index contributed by atoms with van der Waals surface area (Å²) in [5, 5.41) is 4.66. The van der Waals surface area contributed by atoms with Gasteiger partial charge in [-0.15, -0.1) is 0 Å². The SMILES string of the molecule is c1ccc(C2=Nc3ccccc3CN2N2CCOCC2)cc1. The second-order valence-corrected chi connectivity index (χ2v) is 5.55. The number of fused-ring (bicyclic) bond motifs is 1. The average molecular weight is 293 g/mol. The summed E-state index contributed by atoms with van der Waals surface area (Å²) in [5.74, 6) is 1.03. The van der Waals surface area contributed by atoms with Gasteiger partial charge in [-0.25, -0.2) is 10.0 Å². The summed E-state index contributed by atoms with van der Waals surface area (Å²) >= 11 is 0. The smallest absolute Gasteiger partial charge is 0.151 e. The molecule has 2 aromatic rings. The van der Waals surface area contributed by atoms with Crippen LogP contribution in [0.1, 0.15) is 11.1 Å². The fourth-order valence-corrected chi connectivity index (χ4v) is 2.99. The quantitative estimate of drug-likeness (QED) is 0.852. The van der Waals surface area contributed by atoms with E-state index in [2.05, 4.69) is 58.5 Å². The molecule has 1 saturated heterocycles. The third-order valence-corrected chi connectivity index (χ3v) is 4.14. The molecule has 0 aliphatic carbocycles. The molecule has 0 saturated carbocycles. The first-order valence-electron chi connectivity index (χ1n) is 7.74. The van der Waals surface area contributed by atoms with E-state index in [1.54, 1.807) is 0 Å². The number of hydrazine groups is 1. The average Bonchev–Trinajstić information content (AvgIpc) is 2.62. The Bertz CT molecular complexity index is 678. The van der Waals surface area contributed by atoms with Crippen LogP contribution in [0.3, 0.4) is 0 Å². The molecule has 2 aliphatic rings. The van der Waals surface area contributed by atoms with Gasteiger partial charge in [-0.3, -0.25) is 5.01 Å². The summed E-state index contributed by atoms with van der Waals surface area (Å²) in [6.45, 7) is 4.24. The van der Waals surface area contributed by atoms with E-state index in [1.807, 2.05) is 6.07 Å². The number of hydrogen-bond acceptors (Lipinski definition) is 4. The number of ether oxygens (including phenoxy) is 1. The van der Waals surface area contributed by atoms with Crippen LogP contribution in [-0.2, 0) is 11.3 Å². The van der Waals surface area contributed by atoms with Crippen LogP contribution in [0.15, 0.2) is 59.6 Å². The minimum atomic E-state index is 0.778. The van der Waals surface area contributed by atoms with E-state index in [1.165, 1.54) is 5.56 Å². The van der Waals surface area contributed by atoms with Crippen LogP contribution in [0.25, 0.3) is 0 Å². The number of aliphatic imine (C=N–C) groups is 1. The van der Waals surface area contributed by atoms with Crippen LogP contribution in [0.2, 0.25) is 0 Å². The number of hydrogen-bond donors (Lipinski definition) is 0. The molecule has 2 heterocycles.